The van der Waals surface area contributed by atoms with E-state index in [9.17, 15) is 9.59 Å². The van der Waals surface area contributed by atoms with Crippen LogP contribution in [0, 0.1) is 6.92 Å². The SMILES string of the molecule is COc1cccc(/C=C(/C(=O)N2CCOC(C(=O)O)C2)n2nnnc2C)c1. The first kappa shape index (κ1) is 18.5. The highest BCUT2D eigenvalue weighted by Gasteiger charge is 2.31. The number of hydrogen-bond donors (Lipinski definition) is 1. The van der Waals surface area contributed by atoms with Gasteiger partial charge in [0.25, 0.3) is 5.91 Å². The first-order chi connectivity index (χ1) is 13.0. The first-order valence-corrected chi connectivity index (χ1v) is 8.24. The summed E-state index contributed by atoms with van der Waals surface area (Å²) in [6.45, 7) is 2.04. The van der Waals surface area contributed by atoms with Crippen LogP contribution in [0.15, 0.2) is 24.3 Å². The number of carbonyl (C=O) groups is 2. The molecule has 1 fully saturated rings. The summed E-state index contributed by atoms with van der Waals surface area (Å²) in [6, 6.07) is 7.18. The average molecular weight is 373 g/mol. The third kappa shape index (κ3) is 4.11. The van der Waals surface area contributed by atoms with Gasteiger partial charge in [0.2, 0.25) is 0 Å². The predicted octanol–water partition coefficient (Wildman–Crippen LogP) is 0.300. The van der Waals surface area contributed by atoms with Crippen molar-refractivity contribution in [2.24, 2.45) is 0 Å². The second kappa shape index (κ2) is 7.96. The van der Waals surface area contributed by atoms with Crippen molar-refractivity contribution in [1.29, 1.82) is 0 Å². The van der Waals surface area contributed by atoms with E-state index < -0.39 is 12.1 Å². The van der Waals surface area contributed by atoms with Crippen molar-refractivity contribution in [2.75, 3.05) is 26.8 Å². The third-order valence-corrected chi connectivity index (χ3v) is 4.10. The number of tetrazole rings is 1. The molecule has 10 heteroatoms. The molecule has 1 aromatic carbocycles. The Morgan fingerprint density at radius 3 is 2.89 bits per heavy atom. The smallest absolute Gasteiger partial charge is 0.334 e. The number of aromatic nitrogens is 4. The van der Waals surface area contributed by atoms with E-state index in [1.54, 1.807) is 38.3 Å². The van der Waals surface area contributed by atoms with Crippen LogP contribution >= 0.6 is 0 Å². The molecule has 1 unspecified atom stereocenters. The summed E-state index contributed by atoms with van der Waals surface area (Å²) in [5, 5.41) is 20.5. The molecule has 0 radical (unpaired) electrons. The van der Waals surface area contributed by atoms with Crippen LogP contribution in [0.25, 0.3) is 11.8 Å². The van der Waals surface area contributed by atoms with E-state index in [1.165, 1.54) is 9.58 Å². The summed E-state index contributed by atoms with van der Waals surface area (Å²) in [4.78, 5) is 25.8. The highest BCUT2D eigenvalue weighted by Crippen LogP contribution is 2.20. The number of amides is 1. The molecule has 10 nitrogen and oxygen atoms in total. The van der Waals surface area contributed by atoms with Crippen LogP contribution in [0.2, 0.25) is 0 Å². The summed E-state index contributed by atoms with van der Waals surface area (Å²) in [5.41, 5.74) is 0.924. The zero-order chi connectivity index (χ0) is 19.4. The molecule has 2 aromatic rings. The number of methoxy groups -OCH3 is 1. The molecule has 142 valence electrons. The van der Waals surface area contributed by atoms with Gasteiger partial charge in [-0.1, -0.05) is 12.1 Å². The quantitative estimate of drug-likeness (QED) is 0.743. The second-order valence-electron chi connectivity index (χ2n) is 5.89. The number of benzene rings is 1. The van der Waals surface area contributed by atoms with Gasteiger partial charge in [0.1, 0.15) is 11.4 Å². The highest BCUT2D eigenvalue weighted by molar-refractivity contribution is 6.18. The van der Waals surface area contributed by atoms with Crippen LogP contribution < -0.4 is 4.74 Å². The Bertz CT molecular complexity index is 878. The summed E-state index contributed by atoms with van der Waals surface area (Å²) in [6.07, 6.45) is 0.579. The Balaban J connectivity index is 1.97. The number of carboxylic acids is 1. The van der Waals surface area contributed by atoms with Crippen LogP contribution in [0.3, 0.4) is 0 Å². The Hall–Kier alpha value is -3.27. The van der Waals surface area contributed by atoms with Crippen molar-refractivity contribution in [3.05, 3.63) is 35.7 Å². The predicted molar refractivity (Wildman–Crippen MR) is 93.7 cm³/mol. The first-order valence-electron chi connectivity index (χ1n) is 8.24. The molecule has 27 heavy (non-hydrogen) atoms. The van der Waals surface area contributed by atoms with E-state index in [-0.39, 0.29) is 31.3 Å². The molecule has 1 amide bonds. The molecule has 1 aliphatic rings. The number of ether oxygens (including phenoxy) is 2. The number of aliphatic carboxylic acids is 1. The summed E-state index contributed by atoms with van der Waals surface area (Å²) in [7, 11) is 1.56. The van der Waals surface area contributed by atoms with Gasteiger partial charge in [0.15, 0.2) is 11.9 Å². The van der Waals surface area contributed by atoms with Crippen molar-refractivity contribution >= 4 is 23.6 Å². The summed E-state index contributed by atoms with van der Waals surface area (Å²) < 4.78 is 11.7. The number of nitrogens with zero attached hydrogens (tertiary/aromatic N) is 5. The fraction of sp³-hybridized carbons (Fsp3) is 0.353. The molecule has 1 aromatic heterocycles. The second-order valence-corrected chi connectivity index (χ2v) is 5.89. The van der Waals surface area contributed by atoms with E-state index in [0.717, 1.165) is 5.56 Å². The van der Waals surface area contributed by atoms with Crippen LogP contribution in [0.4, 0.5) is 0 Å². The topological polar surface area (TPSA) is 120 Å². The number of rotatable bonds is 5. The molecule has 0 saturated carbocycles. The minimum absolute atomic E-state index is 0.0508. The van der Waals surface area contributed by atoms with Crippen molar-refractivity contribution < 1.29 is 24.2 Å². The molecule has 1 aliphatic heterocycles. The van der Waals surface area contributed by atoms with Crippen LogP contribution in [0.1, 0.15) is 11.4 Å². The van der Waals surface area contributed by atoms with Gasteiger partial charge < -0.3 is 19.5 Å². The van der Waals surface area contributed by atoms with Crippen molar-refractivity contribution in [3.63, 3.8) is 0 Å². The van der Waals surface area contributed by atoms with E-state index in [4.69, 9.17) is 14.6 Å². The summed E-state index contributed by atoms with van der Waals surface area (Å²) >= 11 is 0. The maximum Gasteiger partial charge on any atom is 0.334 e. The molecule has 1 N–H and O–H groups in total. The Morgan fingerprint density at radius 1 is 1.41 bits per heavy atom. The molecule has 3 rings (SSSR count). The van der Waals surface area contributed by atoms with E-state index >= 15 is 0 Å². The minimum atomic E-state index is -1.11. The zero-order valence-electron chi connectivity index (χ0n) is 14.9. The number of carbonyl (C=O) groups excluding carboxylic acids is 1. The third-order valence-electron chi connectivity index (χ3n) is 4.10. The van der Waals surface area contributed by atoms with Crippen molar-refractivity contribution in [1.82, 2.24) is 25.1 Å². The Kier molecular flexibility index (Phi) is 5.46. The van der Waals surface area contributed by atoms with Gasteiger partial charge in [-0.15, -0.1) is 5.10 Å². The number of morpholine rings is 1. The van der Waals surface area contributed by atoms with Gasteiger partial charge in [0.05, 0.1) is 20.3 Å². The Morgan fingerprint density at radius 2 is 2.22 bits per heavy atom. The Labute approximate surface area is 155 Å². The summed E-state index contributed by atoms with van der Waals surface area (Å²) in [5.74, 6) is -0.422. The van der Waals surface area contributed by atoms with Gasteiger partial charge in [0, 0.05) is 6.54 Å². The molecular formula is C17H19N5O5. The van der Waals surface area contributed by atoms with Crippen molar-refractivity contribution in [3.8, 4) is 5.75 Å². The molecule has 0 bridgehead atoms. The normalized spacial score (nSPS) is 17.6. The zero-order valence-corrected chi connectivity index (χ0v) is 14.9. The lowest BCUT2D eigenvalue weighted by molar-refractivity contribution is -0.158. The standard InChI is InChI=1S/C17H19N5O5/c1-11-18-19-20-22(11)14(9-12-4-3-5-13(8-12)26-2)16(23)21-6-7-27-15(10-21)17(24)25/h3-5,8-9,15H,6-7,10H2,1-2H3,(H,24,25)/b14-9-. The molecule has 0 spiro atoms. The van der Waals surface area contributed by atoms with E-state index in [1.807, 2.05) is 6.07 Å². The number of aryl methyl sites for hydroxylation is 1. The van der Waals surface area contributed by atoms with Gasteiger partial charge in [-0.2, -0.15) is 4.68 Å². The van der Waals surface area contributed by atoms with Gasteiger partial charge in [-0.05, 0) is 41.1 Å². The molecular weight excluding hydrogens is 354 g/mol. The van der Waals surface area contributed by atoms with E-state index in [2.05, 4.69) is 15.5 Å². The van der Waals surface area contributed by atoms with Crippen molar-refractivity contribution in [2.45, 2.75) is 13.0 Å². The van der Waals surface area contributed by atoms with Crippen LogP contribution in [-0.4, -0.2) is 75.0 Å². The molecule has 0 aliphatic carbocycles. The number of hydrogen-bond acceptors (Lipinski definition) is 7. The highest BCUT2D eigenvalue weighted by atomic mass is 16.5. The molecule has 1 atom stereocenters. The number of carboxylic acid groups (broad SMARTS) is 1. The average Bonchev–Trinajstić information content (AvgIpc) is 3.11. The lowest BCUT2D eigenvalue weighted by atomic mass is 10.1. The van der Waals surface area contributed by atoms with Crippen LogP contribution in [0.5, 0.6) is 5.75 Å². The molecule has 1 saturated heterocycles. The van der Waals surface area contributed by atoms with E-state index in [0.29, 0.717) is 11.6 Å². The maximum absolute atomic E-state index is 13.1. The lowest BCUT2D eigenvalue weighted by Gasteiger charge is -2.31. The minimum Gasteiger partial charge on any atom is -0.497 e. The van der Waals surface area contributed by atoms with Gasteiger partial charge in [-0.25, -0.2) is 4.79 Å². The fourth-order valence-corrected chi connectivity index (χ4v) is 2.70. The largest absolute Gasteiger partial charge is 0.497 e. The maximum atomic E-state index is 13.1. The van der Waals surface area contributed by atoms with Gasteiger partial charge >= 0.3 is 5.97 Å². The fourth-order valence-electron chi connectivity index (χ4n) is 2.70. The molecule has 2 heterocycles. The van der Waals surface area contributed by atoms with Gasteiger partial charge in [-0.3, -0.25) is 4.79 Å². The van der Waals surface area contributed by atoms with Crippen LogP contribution in [-0.2, 0) is 14.3 Å². The monoisotopic (exact) mass is 373 g/mol. The lowest BCUT2D eigenvalue weighted by Crippen LogP contribution is -2.49.